The first-order valence-electron chi connectivity index (χ1n) is 8.97. The summed E-state index contributed by atoms with van der Waals surface area (Å²) < 4.78 is 0. The van der Waals surface area contributed by atoms with Gasteiger partial charge >= 0.3 is 0 Å². The topological polar surface area (TPSA) is 93.3 Å². The van der Waals surface area contributed by atoms with Gasteiger partial charge in [0.1, 0.15) is 6.16 Å². The second kappa shape index (κ2) is 9.40. The van der Waals surface area contributed by atoms with Crippen LogP contribution in [-0.4, -0.2) is 34.4 Å². The summed E-state index contributed by atoms with van der Waals surface area (Å²) in [6.45, 7) is 2.06. The van der Waals surface area contributed by atoms with Crippen LogP contribution in [0, 0.1) is 17.2 Å². The van der Waals surface area contributed by atoms with Crippen LogP contribution < -0.4 is 5.32 Å². The molecule has 1 aliphatic rings. The van der Waals surface area contributed by atoms with E-state index in [1.807, 2.05) is 19.1 Å². The Balaban J connectivity index is 1.77. The molecule has 0 saturated heterocycles. The Kier molecular flexibility index (Phi) is 7.53. The molecule has 1 aliphatic carbocycles. The summed E-state index contributed by atoms with van der Waals surface area (Å²) in [5.74, 6) is 0.199. The van der Waals surface area contributed by atoms with Crippen LogP contribution in [0.5, 0.6) is 0 Å². The van der Waals surface area contributed by atoms with Gasteiger partial charge in [0.25, 0.3) is 7.72 Å². The molecular weight excluding hydrogens is 335 g/mol. The van der Waals surface area contributed by atoms with Gasteiger partial charge in [0.2, 0.25) is 0 Å². The molecular formula is C19H28N2O3P+. The van der Waals surface area contributed by atoms with Crippen LogP contribution >= 0.6 is 7.72 Å². The van der Waals surface area contributed by atoms with Crippen LogP contribution in [0.3, 0.4) is 0 Å². The molecule has 3 N–H and O–H groups in total. The fourth-order valence-electron chi connectivity index (χ4n) is 3.42. The molecule has 1 fully saturated rings. The number of ketones is 1. The maximum Gasteiger partial charge on any atom is 0.275 e. The number of Topliss-reactive ketones (excluding diaryl/α,β-unsaturated/α-hetero) is 1. The molecule has 0 aliphatic heterocycles. The third-order valence-electron chi connectivity index (χ3n) is 4.85. The molecule has 0 amide bonds. The van der Waals surface area contributed by atoms with Gasteiger partial charge in [0, 0.05) is 6.04 Å². The molecule has 25 heavy (non-hydrogen) atoms. The highest BCUT2D eigenvalue weighted by atomic mass is 31.2. The normalized spacial score (nSPS) is 17.0. The van der Waals surface area contributed by atoms with E-state index in [4.69, 9.17) is 5.26 Å². The molecule has 136 valence electrons. The highest BCUT2D eigenvalue weighted by Gasteiger charge is 2.39. The zero-order valence-electron chi connectivity index (χ0n) is 14.8. The minimum atomic E-state index is -3.14. The van der Waals surface area contributed by atoms with E-state index in [1.54, 1.807) is 12.1 Å². The second-order valence-corrected chi connectivity index (χ2v) is 9.54. The highest BCUT2D eigenvalue weighted by Crippen LogP contribution is 2.53. The molecule has 0 bridgehead atoms. The van der Waals surface area contributed by atoms with E-state index >= 15 is 0 Å². The predicted molar refractivity (Wildman–Crippen MR) is 100 cm³/mol. The van der Waals surface area contributed by atoms with Gasteiger partial charge in [-0.2, -0.15) is 5.26 Å². The van der Waals surface area contributed by atoms with Gasteiger partial charge in [-0.15, -0.1) is 0 Å². The number of nitrogens with zero attached hydrogens (tertiary/aromatic N) is 1. The van der Waals surface area contributed by atoms with Crippen molar-refractivity contribution in [3.05, 3.63) is 35.4 Å². The van der Waals surface area contributed by atoms with Crippen LogP contribution in [-0.2, 0) is 4.79 Å². The number of carbonyl (C=O) groups excluding carboxylic acids is 1. The summed E-state index contributed by atoms with van der Waals surface area (Å²) in [6.07, 6.45) is 5.90. The largest absolute Gasteiger partial charge is 0.303 e. The maximum atomic E-state index is 12.1. The van der Waals surface area contributed by atoms with Crippen molar-refractivity contribution in [3.8, 4) is 6.07 Å². The number of rotatable bonds is 8. The Morgan fingerprint density at radius 1 is 1.28 bits per heavy atom. The molecule has 1 aromatic rings. The quantitative estimate of drug-likeness (QED) is 0.617. The van der Waals surface area contributed by atoms with Gasteiger partial charge < -0.3 is 5.32 Å². The third kappa shape index (κ3) is 6.84. The van der Waals surface area contributed by atoms with Gasteiger partial charge in [0.05, 0.1) is 18.2 Å². The lowest BCUT2D eigenvalue weighted by Crippen LogP contribution is -2.29. The SMILES string of the molecule is CC(NCC(=O)C[P+](O)(O)CC1CCCCC1)c1ccc(C#N)cc1. The van der Waals surface area contributed by atoms with Gasteiger partial charge in [-0.25, -0.2) is 9.79 Å². The van der Waals surface area contributed by atoms with Gasteiger partial charge in [-0.05, 0) is 43.4 Å². The van der Waals surface area contributed by atoms with Crippen molar-refractivity contribution in [2.24, 2.45) is 5.92 Å². The van der Waals surface area contributed by atoms with Crippen molar-refractivity contribution >= 4 is 13.5 Å². The van der Waals surface area contributed by atoms with Crippen LogP contribution in [0.4, 0.5) is 0 Å². The smallest absolute Gasteiger partial charge is 0.275 e. The monoisotopic (exact) mass is 363 g/mol. The average molecular weight is 363 g/mol. The van der Waals surface area contributed by atoms with E-state index in [9.17, 15) is 14.6 Å². The second-order valence-electron chi connectivity index (χ2n) is 7.10. The van der Waals surface area contributed by atoms with Crippen molar-refractivity contribution < 1.29 is 14.6 Å². The highest BCUT2D eigenvalue weighted by molar-refractivity contribution is 7.65. The molecule has 5 nitrogen and oxygen atoms in total. The minimum absolute atomic E-state index is 0.0415. The van der Waals surface area contributed by atoms with E-state index in [2.05, 4.69) is 11.4 Å². The Morgan fingerprint density at radius 2 is 1.92 bits per heavy atom. The van der Waals surface area contributed by atoms with Crippen LogP contribution in [0.1, 0.15) is 56.2 Å². The Bertz CT molecular complexity index is 604. The lowest BCUT2D eigenvalue weighted by atomic mass is 9.91. The maximum absolute atomic E-state index is 12.1. The van der Waals surface area contributed by atoms with Gasteiger partial charge in [-0.3, -0.25) is 4.79 Å². The van der Waals surface area contributed by atoms with Crippen molar-refractivity contribution in [3.63, 3.8) is 0 Å². The summed E-state index contributed by atoms with van der Waals surface area (Å²) >= 11 is 0. The van der Waals surface area contributed by atoms with Crippen LogP contribution in [0.2, 0.25) is 0 Å². The zero-order valence-corrected chi connectivity index (χ0v) is 15.7. The molecule has 1 unspecified atom stereocenters. The molecule has 0 heterocycles. The molecule has 1 aromatic carbocycles. The fraction of sp³-hybridized carbons (Fsp3) is 0.579. The molecule has 0 spiro atoms. The summed E-state index contributed by atoms with van der Waals surface area (Å²) in [4.78, 5) is 32.7. The lowest BCUT2D eigenvalue weighted by molar-refractivity contribution is -0.116. The first-order valence-corrected chi connectivity index (χ1v) is 11.0. The number of benzene rings is 1. The summed E-state index contributed by atoms with van der Waals surface area (Å²) in [6, 6.07) is 9.25. The summed E-state index contributed by atoms with van der Waals surface area (Å²) in [7, 11) is -3.14. The Labute approximate surface area is 150 Å². The number of hydrogen-bond donors (Lipinski definition) is 3. The van der Waals surface area contributed by atoms with Crippen molar-refractivity contribution in [2.45, 2.75) is 45.1 Å². The zero-order chi connectivity index (χ0) is 18.3. The molecule has 0 aromatic heterocycles. The molecule has 1 atom stereocenters. The summed E-state index contributed by atoms with van der Waals surface area (Å²) in [5, 5.41) is 11.9. The lowest BCUT2D eigenvalue weighted by Gasteiger charge is -2.23. The first-order chi connectivity index (χ1) is 11.9. The van der Waals surface area contributed by atoms with E-state index in [0.717, 1.165) is 31.2 Å². The number of carbonyl (C=O) groups is 1. The third-order valence-corrected chi connectivity index (χ3v) is 6.81. The predicted octanol–water partition coefficient (Wildman–Crippen LogP) is 3.19. The van der Waals surface area contributed by atoms with Gasteiger partial charge in [-0.1, -0.05) is 31.4 Å². The van der Waals surface area contributed by atoms with E-state index in [-0.39, 0.29) is 24.5 Å². The van der Waals surface area contributed by atoms with E-state index < -0.39 is 7.72 Å². The summed E-state index contributed by atoms with van der Waals surface area (Å²) in [5.41, 5.74) is 1.59. The van der Waals surface area contributed by atoms with Crippen molar-refractivity contribution in [1.29, 1.82) is 5.26 Å². The first kappa shape index (κ1) is 20.0. The van der Waals surface area contributed by atoms with E-state index in [1.165, 1.54) is 6.42 Å². The van der Waals surface area contributed by atoms with Crippen LogP contribution in [0.25, 0.3) is 0 Å². The Hall–Kier alpha value is -1.31. The number of nitrogens with one attached hydrogen (secondary N) is 1. The molecule has 6 heteroatoms. The molecule has 0 radical (unpaired) electrons. The molecule has 2 rings (SSSR count). The van der Waals surface area contributed by atoms with Crippen molar-refractivity contribution in [1.82, 2.24) is 5.32 Å². The number of nitriles is 1. The fourth-order valence-corrected chi connectivity index (χ4v) is 5.42. The van der Waals surface area contributed by atoms with E-state index in [0.29, 0.717) is 17.6 Å². The standard InChI is InChI=1S/C19H28N2O3P/c1-15(18-9-7-16(11-20)8-10-18)21-12-19(22)14-25(23,24)13-17-5-3-2-4-6-17/h7-10,15,17,21,23-24H,2-6,12-14H2,1H3/q+1. The van der Waals surface area contributed by atoms with Crippen molar-refractivity contribution in [2.75, 3.05) is 18.9 Å². The average Bonchev–Trinajstić information content (AvgIpc) is 2.59. The Morgan fingerprint density at radius 3 is 2.52 bits per heavy atom. The van der Waals surface area contributed by atoms with Gasteiger partial charge in [0.15, 0.2) is 11.9 Å². The van der Waals surface area contributed by atoms with Crippen LogP contribution in [0.15, 0.2) is 24.3 Å². The minimum Gasteiger partial charge on any atom is -0.303 e. The number of hydrogen-bond acceptors (Lipinski definition) is 5. The molecule has 1 saturated carbocycles.